The van der Waals surface area contributed by atoms with Gasteiger partial charge >= 0.3 is 5.65 Å². The first kappa shape index (κ1) is 19.8. The molecule has 0 atom stereocenters. The van der Waals surface area contributed by atoms with Crippen LogP contribution >= 0.6 is 0 Å². The molecule has 0 aliphatic carbocycles. The van der Waals surface area contributed by atoms with Gasteiger partial charge in [-0.25, -0.2) is 18.6 Å². The van der Waals surface area contributed by atoms with Gasteiger partial charge in [0.2, 0.25) is 0 Å². The zero-order valence-corrected chi connectivity index (χ0v) is 16.1. The Bertz CT molecular complexity index is 1330. The Hall–Kier alpha value is -3.47. The van der Waals surface area contributed by atoms with E-state index in [1.807, 2.05) is 65.3 Å². The van der Waals surface area contributed by atoms with Crippen molar-refractivity contribution in [3.8, 4) is 0 Å². The van der Waals surface area contributed by atoms with E-state index in [1.54, 1.807) is 0 Å². The Kier molecular flexibility index (Phi) is 5.36. The minimum Gasteiger partial charge on any atom is -0.354 e. The molecular formula is C20H14ClN5O4. The molecule has 0 radical (unpaired) electrons. The number of fused-ring (bicyclic) bond motifs is 4. The molecule has 30 heavy (non-hydrogen) atoms. The number of nitrogens with one attached hydrogen (secondary N) is 1. The topological polar surface area (TPSA) is 147 Å². The number of rotatable bonds is 2. The van der Waals surface area contributed by atoms with Gasteiger partial charge in [-0.05, 0) is 35.4 Å². The SMILES string of the molecule is [O-][Cl+3]([O-])([O-])[O-].c1cnc2c(Nc3ccc4nnc5cccc[n+]5c4c3)cccc2c1. The van der Waals surface area contributed by atoms with Crippen molar-refractivity contribution in [3.05, 3.63) is 79.1 Å². The minimum absolute atomic E-state index is 0.818. The third-order valence-corrected chi connectivity index (χ3v) is 4.25. The summed E-state index contributed by atoms with van der Waals surface area (Å²) in [7, 11) is -4.94. The molecule has 5 rings (SSSR count). The van der Waals surface area contributed by atoms with Gasteiger partial charge in [0.1, 0.15) is 0 Å². The van der Waals surface area contributed by atoms with E-state index < -0.39 is 10.2 Å². The lowest BCUT2D eigenvalue weighted by molar-refractivity contribution is -2.00. The highest BCUT2D eigenvalue weighted by atomic mass is 35.7. The standard InChI is InChI=1S/C20H13N5.ClHO4/c1-2-12-25-18-13-15(9-10-16(18)23-24-19(25)8-1)22-17-7-3-5-14-6-4-11-21-20(14)17;2-1(3,4)5/h1-13H;(H,2,3,4,5). The quantitative estimate of drug-likeness (QED) is 0.278. The maximum Gasteiger partial charge on any atom is 0.355 e. The maximum absolute atomic E-state index is 8.49. The summed E-state index contributed by atoms with van der Waals surface area (Å²) in [5, 5.41) is 13.1. The molecule has 0 unspecified atom stereocenters. The van der Waals surface area contributed by atoms with E-state index in [9.17, 15) is 0 Å². The largest absolute Gasteiger partial charge is 0.355 e. The van der Waals surface area contributed by atoms with Gasteiger partial charge in [-0.15, -0.1) is 10.2 Å². The molecule has 0 aliphatic rings. The van der Waals surface area contributed by atoms with Crippen LogP contribution in [0.5, 0.6) is 0 Å². The fraction of sp³-hybridized carbons (Fsp3) is 0. The molecule has 1 N–H and O–H groups in total. The van der Waals surface area contributed by atoms with E-state index in [-0.39, 0.29) is 0 Å². The van der Waals surface area contributed by atoms with Crippen LogP contribution in [-0.4, -0.2) is 15.2 Å². The average molecular weight is 424 g/mol. The van der Waals surface area contributed by atoms with Gasteiger partial charge in [-0.3, -0.25) is 4.98 Å². The van der Waals surface area contributed by atoms with Gasteiger partial charge in [0, 0.05) is 29.4 Å². The van der Waals surface area contributed by atoms with Crippen molar-refractivity contribution < 1.29 is 33.3 Å². The van der Waals surface area contributed by atoms with Crippen molar-refractivity contribution in [2.24, 2.45) is 0 Å². The summed E-state index contributed by atoms with van der Waals surface area (Å²) in [5.74, 6) is 0. The van der Waals surface area contributed by atoms with Crippen LogP contribution < -0.4 is 28.4 Å². The molecule has 3 aromatic heterocycles. The Balaban J connectivity index is 0.000000393. The van der Waals surface area contributed by atoms with Crippen molar-refractivity contribution in [3.63, 3.8) is 0 Å². The molecule has 9 nitrogen and oxygen atoms in total. The maximum atomic E-state index is 8.49. The normalized spacial score (nSPS) is 11.3. The van der Waals surface area contributed by atoms with Gasteiger partial charge < -0.3 is 5.32 Å². The summed E-state index contributed by atoms with van der Waals surface area (Å²) in [6, 6.07) is 22.1. The molecule has 10 heteroatoms. The number of nitrogens with zero attached hydrogens (tertiary/aromatic N) is 4. The summed E-state index contributed by atoms with van der Waals surface area (Å²) in [4.78, 5) is 4.50. The molecule has 0 saturated carbocycles. The Morgan fingerprint density at radius 3 is 2.47 bits per heavy atom. The number of para-hydroxylation sites is 1. The van der Waals surface area contributed by atoms with E-state index in [0.717, 1.165) is 39.0 Å². The van der Waals surface area contributed by atoms with Crippen LogP contribution in [0.4, 0.5) is 11.4 Å². The minimum atomic E-state index is -4.94. The molecular weight excluding hydrogens is 410 g/mol. The van der Waals surface area contributed by atoms with Gasteiger partial charge in [0.15, 0.2) is 11.0 Å². The zero-order valence-electron chi connectivity index (χ0n) is 15.3. The molecule has 0 fully saturated rings. The van der Waals surface area contributed by atoms with E-state index in [0.29, 0.717) is 0 Å². The molecule has 0 amide bonds. The fourth-order valence-corrected chi connectivity index (χ4v) is 3.06. The van der Waals surface area contributed by atoms with Crippen molar-refractivity contribution >= 4 is 39.0 Å². The van der Waals surface area contributed by atoms with Crippen LogP contribution in [-0.2, 0) is 0 Å². The van der Waals surface area contributed by atoms with Gasteiger partial charge in [-0.1, -0.05) is 24.3 Å². The van der Waals surface area contributed by atoms with Crippen LogP contribution in [0.1, 0.15) is 0 Å². The van der Waals surface area contributed by atoms with Gasteiger partial charge in [-0.2, -0.15) is 4.40 Å². The molecule has 3 heterocycles. The van der Waals surface area contributed by atoms with Crippen LogP contribution in [0.2, 0.25) is 0 Å². The summed E-state index contributed by atoms with van der Waals surface area (Å²) < 4.78 is 36.0. The monoisotopic (exact) mass is 423 g/mol. The van der Waals surface area contributed by atoms with E-state index in [2.05, 4.69) is 38.7 Å². The number of aromatic nitrogens is 4. The predicted octanol–water partition coefficient (Wildman–Crippen LogP) is -1.10. The molecule has 5 aromatic rings. The van der Waals surface area contributed by atoms with Crippen molar-refractivity contribution in [2.75, 3.05) is 5.32 Å². The Labute approximate surface area is 172 Å². The first-order chi connectivity index (χ1) is 14.4. The summed E-state index contributed by atoms with van der Waals surface area (Å²) in [6.45, 7) is 0. The molecule has 0 saturated heterocycles. The van der Waals surface area contributed by atoms with Crippen LogP contribution in [0, 0.1) is 10.2 Å². The summed E-state index contributed by atoms with van der Waals surface area (Å²) in [5.41, 5.74) is 5.59. The van der Waals surface area contributed by atoms with E-state index in [1.165, 1.54) is 0 Å². The van der Waals surface area contributed by atoms with E-state index in [4.69, 9.17) is 18.6 Å². The summed E-state index contributed by atoms with van der Waals surface area (Å²) in [6.07, 6.45) is 3.81. The van der Waals surface area contributed by atoms with Crippen molar-refractivity contribution in [2.45, 2.75) is 0 Å². The Morgan fingerprint density at radius 2 is 1.63 bits per heavy atom. The third-order valence-electron chi connectivity index (χ3n) is 4.25. The second kappa shape index (κ2) is 8.11. The van der Waals surface area contributed by atoms with E-state index >= 15 is 0 Å². The number of hydrogen-bond acceptors (Lipinski definition) is 8. The number of hydrogen-bond donors (Lipinski definition) is 1. The number of pyridine rings is 2. The molecule has 0 bridgehead atoms. The average Bonchev–Trinajstić information content (AvgIpc) is 2.73. The van der Waals surface area contributed by atoms with Crippen LogP contribution in [0.15, 0.2) is 79.1 Å². The lowest BCUT2D eigenvalue weighted by Crippen LogP contribution is -2.68. The molecule has 150 valence electrons. The molecule has 2 aromatic carbocycles. The number of halogens is 1. The second-order valence-corrected chi connectivity index (χ2v) is 6.97. The lowest BCUT2D eigenvalue weighted by Gasteiger charge is -2.17. The summed E-state index contributed by atoms with van der Waals surface area (Å²) >= 11 is 0. The van der Waals surface area contributed by atoms with Crippen LogP contribution in [0.3, 0.4) is 0 Å². The highest BCUT2D eigenvalue weighted by molar-refractivity contribution is 5.92. The Morgan fingerprint density at radius 1 is 0.833 bits per heavy atom. The third kappa shape index (κ3) is 4.57. The van der Waals surface area contributed by atoms with Crippen LogP contribution in [0.25, 0.3) is 27.6 Å². The van der Waals surface area contributed by atoms with Crippen molar-refractivity contribution in [1.29, 1.82) is 0 Å². The van der Waals surface area contributed by atoms with Crippen molar-refractivity contribution in [1.82, 2.24) is 15.2 Å². The predicted molar refractivity (Wildman–Crippen MR) is 97.7 cm³/mol. The van der Waals surface area contributed by atoms with Gasteiger partial charge in [0.05, 0.1) is 22.5 Å². The molecule has 0 spiro atoms. The lowest BCUT2D eigenvalue weighted by atomic mass is 10.2. The highest BCUT2D eigenvalue weighted by Crippen LogP contribution is 2.25. The fourth-order valence-electron chi connectivity index (χ4n) is 3.06. The highest BCUT2D eigenvalue weighted by Gasteiger charge is 2.11. The number of benzene rings is 2. The zero-order chi connectivity index (χ0) is 21.1. The smallest absolute Gasteiger partial charge is 0.354 e. The second-order valence-electron chi connectivity index (χ2n) is 6.22. The first-order valence-corrected chi connectivity index (χ1v) is 9.91. The number of anilines is 2. The van der Waals surface area contributed by atoms with Gasteiger partial charge in [0.25, 0.3) is 0 Å². The first-order valence-electron chi connectivity index (χ1n) is 8.68. The molecule has 0 aliphatic heterocycles.